The van der Waals surface area contributed by atoms with Crippen molar-refractivity contribution in [3.05, 3.63) is 76.2 Å². The zero-order chi connectivity index (χ0) is 24.5. The van der Waals surface area contributed by atoms with Gasteiger partial charge in [-0.2, -0.15) is 18.3 Å². The Morgan fingerprint density at radius 3 is 2.65 bits per heavy atom. The average Bonchev–Trinajstić information content (AvgIpc) is 3.15. The number of anilines is 2. The van der Waals surface area contributed by atoms with Crippen LogP contribution in [-0.4, -0.2) is 18.7 Å². The lowest BCUT2D eigenvalue weighted by Crippen LogP contribution is -2.15. The summed E-state index contributed by atoms with van der Waals surface area (Å²) in [7, 11) is 1.53. The van der Waals surface area contributed by atoms with E-state index >= 15 is 0 Å². The minimum Gasteiger partial charge on any atom is -0.495 e. The largest absolute Gasteiger partial charge is 0.495 e. The van der Waals surface area contributed by atoms with E-state index in [1.54, 1.807) is 19.1 Å². The molecule has 9 heteroatoms. The predicted octanol–water partition coefficient (Wildman–Crippen LogP) is 6.33. The minimum absolute atomic E-state index is 0.169. The molecule has 178 valence electrons. The molecule has 0 unspecified atom stereocenters. The molecule has 0 saturated carbocycles. The molecule has 0 aliphatic heterocycles. The number of hydrazone groups is 1. The zero-order valence-corrected chi connectivity index (χ0v) is 19.0. The Hall–Kier alpha value is -3.75. The summed E-state index contributed by atoms with van der Waals surface area (Å²) in [5.41, 5.74) is 5.65. The molecular formula is C25H24F3N3O3. The van der Waals surface area contributed by atoms with Gasteiger partial charge in [0.1, 0.15) is 11.5 Å². The first kappa shape index (κ1) is 23.4. The highest BCUT2D eigenvalue weighted by Crippen LogP contribution is 2.33. The van der Waals surface area contributed by atoms with Gasteiger partial charge in [0.05, 0.1) is 29.8 Å². The van der Waals surface area contributed by atoms with Gasteiger partial charge in [-0.25, -0.2) is 0 Å². The van der Waals surface area contributed by atoms with Crippen LogP contribution in [0.15, 0.2) is 52.0 Å². The first-order valence-electron chi connectivity index (χ1n) is 10.8. The van der Waals surface area contributed by atoms with Gasteiger partial charge in [-0.3, -0.25) is 10.2 Å². The van der Waals surface area contributed by atoms with Gasteiger partial charge in [-0.05, 0) is 62.6 Å². The number of ether oxygens (including phenoxy) is 1. The number of methoxy groups -OCH3 is 1. The number of aryl methyl sites for hydroxylation is 2. The molecule has 6 nitrogen and oxygen atoms in total. The summed E-state index contributed by atoms with van der Waals surface area (Å²) in [5, 5.41) is 7.20. The summed E-state index contributed by atoms with van der Waals surface area (Å²) < 4.78 is 50.2. The molecule has 0 fully saturated rings. The molecule has 0 radical (unpaired) electrons. The van der Waals surface area contributed by atoms with Crippen LogP contribution in [0.4, 0.5) is 24.5 Å². The van der Waals surface area contributed by atoms with Crippen LogP contribution in [0.25, 0.3) is 0 Å². The lowest BCUT2D eigenvalue weighted by molar-refractivity contribution is -0.137. The average molecular weight is 471 g/mol. The van der Waals surface area contributed by atoms with Crippen LogP contribution < -0.4 is 15.5 Å². The second kappa shape index (κ2) is 9.24. The van der Waals surface area contributed by atoms with E-state index in [-0.39, 0.29) is 11.4 Å². The number of nitrogens with zero attached hydrogens (tertiary/aromatic N) is 1. The van der Waals surface area contributed by atoms with E-state index < -0.39 is 17.6 Å². The number of alkyl halides is 3. The number of hydrogen-bond donors (Lipinski definition) is 2. The molecule has 1 aliphatic rings. The van der Waals surface area contributed by atoms with Gasteiger partial charge in [-0.1, -0.05) is 12.1 Å². The third-order valence-corrected chi connectivity index (χ3v) is 5.64. The smallest absolute Gasteiger partial charge is 0.416 e. The maximum atomic E-state index is 13.0. The van der Waals surface area contributed by atoms with Crippen molar-refractivity contribution in [3.63, 3.8) is 0 Å². The SMILES string of the molecule is COc1ccc(C)cc1NC(=O)c1oc2c(c1C)/C(=N/Nc1cccc(C(F)(F)F)c1)CCC2. The highest BCUT2D eigenvalue weighted by molar-refractivity contribution is 6.09. The normalized spacial score (nSPS) is 14.6. The summed E-state index contributed by atoms with van der Waals surface area (Å²) in [4.78, 5) is 13.0. The Bertz CT molecular complexity index is 1260. The molecule has 4 rings (SSSR count). The highest BCUT2D eigenvalue weighted by Gasteiger charge is 2.31. The predicted molar refractivity (Wildman–Crippen MR) is 124 cm³/mol. The Labute approximate surface area is 194 Å². The van der Waals surface area contributed by atoms with E-state index in [1.165, 1.54) is 19.2 Å². The second-order valence-electron chi connectivity index (χ2n) is 8.11. The topological polar surface area (TPSA) is 75.9 Å². The summed E-state index contributed by atoms with van der Waals surface area (Å²) >= 11 is 0. The molecule has 34 heavy (non-hydrogen) atoms. The number of halogens is 3. The van der Waals surface area contributed by atoms with Crippen molar-refractivity contribution in [2.24, 2.45) is 5.10 Å². The molecule has 0 atom stereocenters. The number of carbonyl (C=O) groups is 1. The molecular weight excluding hydrogens is 447 g/mol. The van der Waals surface area contributed by atoms with E-state index in [2.05, 4.69) is 15.8 Å². The second-order valence-corrected chi connectivity index (χ2v) is 8.11. The molecule has 0 saturated heterocycles. The van der Waals surface area contributed by atoms with Crippen LogP contribution in [0, 0.1) is 13.8 Å². The lowest BCUT2D eigenvalue weighted by Gasteiger charge is -2.14. The molecule has 2 aromatic carbocycles. The number of nitrogens with one attached hydrogen (secondary N) is 2. The Morgan fingerprint density at radius 1 is 1.12 bits per heavy atom. The van der Waals surface area contributed by atoms with Crippen molar-refractivity contribution in [1.82, 2.24) is 0 Å². The molecule has 1 amide bonds. The Kier molecular flexibility index (Phi) is 6.37. The van der Waals surface area contributed by atoms with E-state index in [0.29, 0.717) is 46.9 Å². The van der Waals surface area contributed by atoms with Crippen LogP contribution >= 0.6 is 0 Å². The van der Waals surface area contributed by atoms with E-state index in [4.69, 9.17) is 9.15 Å². The molecule has 0 spiro atoms. The summed E-state index contributed by atoms with van der Waals surface area (Å²) in [6.07, 6.45) is -2.45. The lowest BCUT2D eigenvalue weighted by atomic mass is 9.93. The van der Waals surface area contributed by atoms with Crippen molar-refractivity contribution in [1.29, 1.82) is 0 Å². The molecule has 1 heterocycles. The van der Waals surface area contributed by atoms with Crippen LogP contribution in [0.2, 0.25) is 0 Å². The molecule has 0 bridgehead atoms. The van der Waals surface area contributed by atoms with Crippen molar-refractivity contribution >= 4 is 23.0 Å². The van der Waals surface area contributed by atoms with Gasteiger partial charge < -0.3 is 14.5 Å². The standard InChI is InChI=1S/C25H24F3N3O3/c1-14-10-11-20(33-3)19(12-14)29-24(32)23-15(2)22-18(8-5-9-21(22)34-23)31-30-17-7-4-6-16(13-17)25(26,27)28/h4,6-7,10-13,30H,5,8-9H2,1-3H3,(H,29,32)/b31-18+. The van der Waals surface area contributed by atoms with Gasteiger partial charge in [0, 0.05) is 17.5 Å². The fourth-order valence-electron chi connectivity index (χ4n) is 3.99. The molecule has 2 N–H and O–H groups in total. The fourth-order valence-corrected chi connectivity index (χ4v) is 3.99. The zero-order valence-electron chi connectivity index (χ0n) is 19.0. The molecule has 1 aromatic heterocycles. The maximum absolute atomic E-state index is 13.0. The van der Waals surface area contributed by atoms with Gasteiger partial charge in [0.2, 0.25) is 0 Å². The van der Waals surface area contributed by atoms with Crippen LogP contribution in [0.1, 0.15) is 51.4 Å². The van der Waals surface area contributed by atoms with Crippen LogP contribution in [-0.2, 0) is 12.6 Å². The van der Waals surface area contributed by atoms with Gasteiger partial charge in [0.25, 0.3) is 5.91 Å². The monoisotopic (exact) mass is 471 g/mol. The van der Waals surface area contributed by atoms with Crippen molar-refractivity contribution in [2.45, 2.75) is 39.3 Å². The first-order valence-corrected chi connectivity index (χ1v) is 10.8. The fraction of sp³-hybridized carbons (Fsp3) is 0.280. The Balaban J connectivity index is 1.60. The van der Waals surface area contributed by atoms with Gasteiger partial charge in [0.15, 0.2) is 5.76 Å². The van der Waals surface area contributed by atoms with Gasteiger partial charge >= 0.3 is 6.18 Å². The van der Waals surface area contributed by atoms with E-state index in [1.807, 2.05) is 13.0 Å². The van der Waals surface area contributed by atoms with E-state index in [9.17, 15) is 18.0 Å². The van der Waals surface area contributed by atoms with E-state index in [0.717, 1.165) is 24.1 Å². The number of hydrogen-bond acceptors (Lipinski definition) is 5. The van der Waals surface area contributed by atoms with Crippen LogP contribution in [0.3, 0.4) is 0 Å². The van der Waals surface area contributed by atoms with Crippen LogP contribution in [0.5, 0.6) is 5.75 Å². The Morgan fingerprint density at radius 2 is 1.91 bits per heavy atom. The third-order valence-electron chi connectivity index (χ3n) is 5.64. The quantitative estimate of drug-likeness (QED) is 0.427. The van der Waals surface area contributed by atoms with Crippen molar-refractivity contribution in [2.75, 3.05) is 17.9 Å². The number of rotatable bonds is 5. The number of furan rings is 1. The first-order chi connectivity index (χ1) is 16.2. The van der Waals surface area contributed by atoms with Crippen molar-refractivity contribution in [3.8, 4) is 5.75 Å². The van der Waals surface area contributed by atoms with Crippen molar-refractivity contribution < 1.29 is 27.1 Å². The third kappa shape index (κ3) is 4.78. The summed E-state index contributed by atoms with van der Waals surface area (Å²) in [6.45, 7) is 3.68. The number of carbonyl (C=O) groups excluding carboxylic acids is 1. The summed E-state index contributed by atoms with van der Waals surface area (Å²) in [6, 6.07) is 10.3. The highest BCUT2D eigenvalue weighted by atomic mass is 19.4. The number of amides is 1. The number of fused-ring (bicyclic) bond motifs is 1. The summed E-state index contributed by atoms with van der Waals surface area (Å²) in [5.74, 6) is 0.915. The maximum Gasteiger partial charge on any atom is 0.416 e. The minimum atomic E-state index is -4.44. The number of benzene rings is 2. The molecule has 3 aromatic rings. The molecule has 1 aliphatic carbocycles. The van der Waals surface area contributed by atoms with Gasteiger partial charge in [-0.15, -0.1) is 0 Å².